The maximum Gasteiger partial charge on any atom is 0.242 e. The third-order valence-corrected chi connectivity index (χ3v) is 5.38. The number of aryl methyl sites for hydroxylation is 2. The fourth-order valence-electron chi connectivity index (χ4n) is 2.09. The molecule has 0 atom stereocenters. The van der Waals surface area contributed by atoms with Crippen LogP contribution in [0, 0.1) is 13.8 Å². The molecule has 0 saturated heterocycles. The van der Waals surface area contributed by atoms with Crippen molar-refractivity contribution in [2.45, 2.75) is 18.7 Å². The molecular formula is C18H23NO4S. The molecule has 130 valence electrons. The third kappa shape index (κ3) is 4.49. The van der Waals surface area contributed by atoms with Crippen LogP contribution in [-0.2, 0) is 10.0 Å². The lowest BCUT2D eigenvalue weighted by molar-refractivity contribution is 0.216. The van der Waals surface area contributed by atoms with Crippen LogP contribution in [0.4, 0.5) is 0 Å². The molecule has 0 radical (unpaired) electrons. The van der Waals surface area contributed by atoms with E-state index in [4.69, 9.17) is 9.47 Å². The van der Waals surface area contributed by atoms with E-state index in [1.807, 2.05) is 32.0 Å². The Labute approximate surface area is 143 Å². The number of hydrogen-bond acceptors (Lipinski definition) is 4. The van der Waals surface area contributed by atoms with Gasteiger partial charge in [-0.05, 0) is 55.3 Å². The lowest BCUT2D eigenvalue weighted by atomic mass is 10.1. The van der Waals surface area contributed by atoms with E-state index >= 15 is 0 Å². The van der Waals surface area contributed by atoms with Gasteiger partial charge in [0.1, 0.15) is 24.7 Å². The highest BCUT2D eigenvalue weighted by molar-refractivity contribution is 7.89. The Morgan fingerprint density at radius 1 is 0.917 bits per heavy atom. The zero-order valence-corrected chi connectivity index (χ0v) is 15.3. The van der Waals surface area contributed by atoms with Crippen molar-refractivity contribution in [1.29, 1.82) is 0 Å². The normalized spacial score (nSPS) is 11.5. The Balaban J connectivity index is 1.88. The molecule has 0 spiro atoms. The zero-order chi connectivity index (χ0) is 17.7. The van der Waals surface area contributed by atoms with E-state index in [1.54, 1.807) is 12.1 Å². The van der Waals surface area contributed by atoms with Crippen molar-refractivity contribution < 1.29 is 17.9 Å². The van der Waals surface area contributed by atoms with Gasteiger partial charge in [0.15, 0.2) is 0 Å². The second kappa shape index (κ2) is 7.68. The van der Waals surface area contributed by atoms with Crippen LogP contribution in [0.15, 0.2) is 47.4 Å². The summed E-state index contributed by atoms with van der Waals surface area (Å²) in [5, 5.41) is 0. The Morgan fingerprint density at radius 3 is 2.17 bits per heavy atom. The van der Waals surface area contributed by atoms with Crippen molar-refractivity contribution in [3.8, 4) is 11.5 Å². The summed E-state index contributed by atoms with van der Waals surface area (Å²) in [7, 11) is -0.402. The number of hydrogen-bond donors (Lipinski definition) is 0. The maximum atomic E-state index is 12.0. The second-order valence-electron chi connectivity index (χ2n) is 5.72. The largest absolute Gasteiger partial charge is 0.490 e. The van der Waals surface area contributed by atoms with Gasteiger partial charge in [0.05, 0.1) is 4.90 Å². The molecule has 24 heavy (non-hydrogen) atoms. The maximum absolute atomic E-state index is 12.0. The number of rotatable bonds is 7. The molecule has 0 saturated carbocycles. The molecule has 0 aliphatic rings. The summed E-state index contributed by atoms with van der Waals surface area (Å²) in [5.74, 6) is 1.46. The van der Waals surface area contributed by atoms with Gasteiger partial charge in [0, 0.05) is 14.1 Å². The molecule has 0 N–H and O–H groups in total. The standard InChI is InChI=1S/C18H23NO4S/c1-14-5-6-15(2)18(13-14)23-12-11-22-16-7-9-17(10-8-16)24(20,21)19(3)4/h5-10,13H,11-12H2,1-4H3. The topological polar surface area (TPSA) is 55.8 Å². The number of ether oxygens (including phenoxy) is 2. The quantitative estimate of drug-likeness (QED) is 0.721. The smallest absolute Gasteiger partial charge is 0.242 e. The Hall–Kier alpha value is -2.05. The molecule has 0 aromatic heterocycles. The summed E-state index contributed by atoms with van der Waals surface area (Å²) in [6.07, 6.45) is 0. The predicted octanol–water partition coefficient (Wildman–Crippen LogP) is 3.01. The van der Waals surface area contributed by atoms with Crippen molar-refractivity contribution in [2.24, 2.45) is 0 Å². The highest BCUT2D eigenvalue weighted by Gasteiger charge is 2.16. The van der Waals surface area contributed by atoms with Crippen molar-refractivity contribution >= 4 is 10.0 Å². The number of nitrogens with zero attached hydrogens (tertiary/aromatic N) is 1. The first kappa shape index (κ1) is 18.3. The molecule has 6 heteroatoms. The molecule has 0 aliphatic carbocycles. The molecule has 0 amide bonds. The van der Waals surface area contributed by atoms with Gasteiger partial charge in [-0.25, -0.2) is 12.7 Å². The molecule has 2 aromatic rings. The molecular weight excluding hydrogens is 326 g/mol. The van der Waals surface area contributed by atoms with Crippen molar-refractivity contribution in [3.63, 3.8) is 0 Å². The average Bonchev–Trinajstić information content (AvgIpc) is 2.55. The lowest BCUT2D eigenvalue weighted by Gasteiger charge is -2.13. The van der Waals surface area contributed by atoms with Gasteiger partial charge in [-0.3, -0.25) is 0 Å². The summed E-state index contributed by atoms with van der Waals surface area (Å²) < 4.78 is 36.5. The monoisotopic (exact) mass is 349 g/mol. The van der Waals surface area contributed by atoms with Crippen molar-refractivity contribution in [2.75, 3.05) is 27.3 Å². The summed E-state index contributed by atoms with van der Waals surface area (Å²) >= 11 is 0. The minimum Gasteiger partial charge on any atom is -0.490 e. The van der Waals surface area contributed by atoms with Crippen LogP contribution in [0.25, 0.3) is 0 Å². The van der Waals surface area contributed by atoms with Gasteiger partial charge >= 0.3 is 0 Å². The van der Waals surface area contributed by atoms with E-state index in [0.29, 0.717) is 19.0 Å². The van der Waals surface area contributed by atoms with Crippen LogP contribution < -0.4 is 9.47 Å². The summed E-state index contributed by atoms with van der Waals surface area (Å²) in [4.78, 5) is 0.242. The van der Waals surface area contributed by atoms with Gasteiger partial charge in [-0.1, -0.05) is 12.1 Å². The molecule has 0 bridgehead atoms. The molecule has 0 unspecified atom stereocenters. The predicted molar refractivity (Wildman–Crippen MR) is 94.2 cm³/mol. The van der Waals surface area contributed by atoms with Crippen LogP contribution in [-0.4, -0.2) is 40.0 Å². The van der Waals surface area contributed by atoms with Gasteiger partial charge in [0.25, 0.3) is 0 Å². The van der Waals surface area contributed by atoms with E-state index in [0.717, 1.165) is 16.9 Å². The minimum absolute atomic E-state index is 0.242. The van der Waals surface area contributed by atoms with Crippen LogP contribution in [0.1, 0.15) is 11.1 Å². The summed E-state index contributed by atoms with van der Waals surface area (Å²) in [6.45, 7) is 4.82. The van der Waals surface area contributed by atoms with E-state index in [2.05, 4.69) is 0 Å². The molecule has 2 rings (SSSR count). The lowest BCUT2D eigenvalue weighted by Crippen LogP contribution is -2.22. The van der Waals surface area contributed by atoms with E-state index in [9.17, 15) is 8.42 Å². The molecule has 0 aliphatic heterocycles. The van der Waals surface area contributed by atoms with Gasteiger partial charge in [-0.2, -0.15) is 0 Å². The van der Waals surface area contributed by atoms with Crippen LogP contribution in [0.3, 0.4) is 0 Å². The third-order valence-electron chi connectivity index (χ3n) is 3.56. The van der Waals surface area contributed by atoms with E-state index in [-0.39, 0.29) is 4.90 Å². The van der Waals surface area contributed by atoms with Crippen molar-refractivity contribution in [3.05, 3.63) is 53.6 Å². The van der Waals surface area contributed by atoms with E-state index in [1.165, 1.54) is 30.5 Å². The van der Waals surface area contributed by atoms with Crippen molar-refractivity contribution in [1.82, 2.24) is 4.31 Å². The van der Waals surface area contributed by atoms with Crippen LogP contribution in [0.2, 0.25) is 0 Å². The SMILES string of the molecule is Cc1ccc(C)c(OCCOc2ccc(S(=O)(=O)N(C)C)cc2)c1. The van der Waals surface area contributed by atoms with Gasteiger partial charge in [-0.15, -0.1) is 0 Å². The second-order valence-corrected chi connectivity index (χ2v) is 7.88. The molecule has 2 aromatic carbocycles. The first-order valence-corrected chi connectivity index (χ1v) is 9.10. The Kier molecular flexibility index (Phi) is 5.85. The average molecular weight is 349 g/mol. The molecule has 5 nitrogen and oxygen atoms in total. The molecule has 0 fully saturated rings. The Morgan fingerprint density at radius 2 is 1.54 bits per heavy atom. The fraction of sp³-hybridized carbons (Fsp3) is 0.333. The minimum atomic E-state index is -3.41. The first-order valence-electron chi connectivity index (χ1n) is 7.66. The van der Waals surface area contributed by atoms with Crippen LogP contribution >= 0.6 is 0 Å². The first-order chi connectivity index (χ1) is 11.3. The molecule has 0 heterocycles. The Bertz CT molecular complexity index is 783. The highest BCUT2D eigenvalue weighted by Crippen LogP contribution is 2.20. The fourth-order valence-corrected chi connectivity index (χ4v) is 2.99. The summed E-state index contributed by atoms with van der Waals surface area (Å²) in [6, 6.07) is 12.4. The highest BCUT2D eigenvalue weighted by atomic mass is 32.2. The van der Waals surface area contributed by atoms with Gasteiger partial charge < -0.3 is 9.47 Å². The number of sulfonamides is 1. The zero-order valence-electron chi connectivity index (χ0n) is 14.4. The van der Waals surface area contributed by atoms with E-state index < -0.39 is 10.0 Å². The van der Waals surface area contributed by atoms with Crippen LogP contribution in [0.5, 0.6) is 11.5 Å². The summed E-state index contributed by atoms with van der Waals surface area (Å²) in [5.41, 5.74) is 2.23. The number of benzene rings is 2. The van der Waals surface area contributed by atoms with Gasteiger partial charge in [0.2, 0.25) is 10.0 Å².